The summed E-state index contributed by atoms with van der Waals surface area (Å²) in [7, 11) is 0. The van der Waals surface area contributed by atoms with Crippen molar-refractivity contribution in [2.24, 2.45) is 5.41 Å². The average molecular weight is 279 g/mol. The Morgan fingerprint density at radius 1 is 1.25 bits per heavy atom. The van der Waals surface area contributed by atoms with Crippen molar-refractivity contribution < 1.29 is 19.5 Å². The van der Waals surface area contributed by atoms with Crippen LogP contribution < -0.4 is 0 Å². The highest BCUT2D eigenvalue weighted by molar-refractivity contribution is 5.81. The second kappa shape index (κ2) is 3.45. The Balaban J connectivity index is 1.49. The number of piperazine rings is 1. The first kappa shape index (κ1) is 12.0. The molecule has 3 aliphatic carbocycles. The SMILES string of the molecule is O=CC12CC(N3CC4CN(C(=O)O)CCN4C3=O)(C1)C2. The molecular formula is C13H17N3O4. The maximum Gasteiger partial charge on any atom is 0.407 e. The molecule has 3 saturated carbocycles. The Morgan fingerprint density at radius 3 is 2.55 bits per heavy atom. The van der Waals surface area contributed by atoms with Gasteiger partial charge in [0, 0.05) is 37.1 Å². The van der Waals surface area contributed by atoms with E-state index in [1.807, 2.05) is 4.90 Å². The molecule has 7 heteroatoms. The molecule has 0 aromatic heterocycles. The Hall–Kier alpha value is -1.79. The molecule has 0 aromatic rings. The summed E-state index contributed by atoms with van der Waals surface area (Å²) in [5.74, 6) is 0. The molecule has 0 aromatic carbocycles. The lowest BCUT2D eigenvalue weighted by Crippen LogP contribution is -2.75. The summed E-state index contributed by atoms with van der Waals surface area (Å²) < 4.78 is 0. The summed E-state index contributed by atoms with van der Waals surface area (Å²) in [5.41, 5.74) is -0.264. The number of hydrogen-bond donors (Lipinski definition) is 1. The normalized spacial score (nSPS) is 41.9. The van der Waals surface area contributed by atoms with E-state index < -0.39 is 6.09 Å². The minimum Gasteiger partial charge on any atom is -0.465 e. The van der Waals surface area contributed by atoms with Gasteiger partial charge in [0.05, 0.1) is 6.04 Å². The summed E-state index contributed by atoms with van der Waals surface area (Å²) in [6.45, 7) is 1.85. The average Bonchev–Trinajstić information content (AvgIpc) is 2.64. The van der Waals surface area contributed by atoms with E-state index in [1.165, 1.54) is 4.90 Å². The van der Waals surface area contributed by atoms with Crippen molar-refractivity contribution in [3.05, 3.63) is 0 Å². The van der Waals surface area contributed by atoms with Crippen LogP contribution in [-0.2, 0) is 4.79 Å². The largest absolute Gasteiger partial charge is 0.465 e. The Bertz CT molecular complexity index is 500. The molecule has 20 heavy (non-hydrogen) atoms. The molecule has 3 amide bonds. The molecular weight excluding hydrogens is 262 g/mol. The summed E-state index contributed by atoms with van der Waals surface area (Å²) in [4.78, 5) is 39.5. The number of carboxylic acid groups (broad SMARTS) is 1. The number of hydrogen-bond acceptors (Lipinski definition) is 3. The van der Waals surface area contributed by atoms with Crippen molar-refractivity contribution in [3.63, 3.8) is 0 Å². The molecule has 1 atom stereocenters. The van der Waals surface area contributed by atoms with Gasteiger partial charge in [-0.2, -0.15) is 0 Å². The molecule has 5 rings (SSSR count). The fraction of sp³-hybridized carbons (Fsp3) is 0.769. The zero-order valence-electron chi connectivity index (χ0n) is 11.1. The van der Waals surface area contributed by atoms with E-state index in [0.29, 0.717) is 26.2 Å². The molecule has 1 unspecified atom stereocenters. The molecule has 1 N–H and O–H groups in total. The molecule has 2 bridgehead atoms. The number of carbonyl (C=O) groups excluding carboxylic acids is 2. The standard InChI is InChI=1S/C13H17N3O4/c17-8-12-5-13(6-12,7-12)16-4-9-3-14(11(19)20)1-2-15(9)10(16)18/h8-9H,1-7H2,(H,19,20). The van der Waals surface area contributed by atoms with Crippen LogP contribution in [0.4, 0.5) is 9.59 Å². The number of fused-ring (bicyclic) bond motifs is 1. The Labute approximate surface area is 116 Å². The summed E-state index contributed by atoms with van der Waals surface area (Å²) in [6.07, 6.45) is 2.49. The highest BCUT2D eigenvalue weighted by Gasteiger charge is 2.72. The van der Waals surface area contributed by atoms with Gasteiger partial charge >= 0.3 is 12.1 Å². The third-order valence-corrected chi connectivity index (χ3v) is 5.49. The van der Waals surface area contributed by atoms with Crippen LogP contribution in [0.25, 0.3) is 0 Å². The van der Waals surface area contributed by atoms with Gasteiger partial charge in [-0.1, -0.05) is 0 Å². The maximum absolute atomic E-state index is 12.5. The van der Waals surface area contributed by atoms with Crippen LogP contribution in [0.5, 0.6) is 0 Å². The summed E-state index contributed by atoms with van der Waals surface area (Å²) in [5, 5.41) is 9.05. The van der Waals surface area contributed by atoms with E-state index in [9.17, 15) is 14.4 Å². The van der Waals surface area contributed by atoms with Crippen LogP contribution in [-0.4, -0.2) is 76.0 Å². The monoisotopic (exact) mass is 279 g/mol. The molecule has 2 aliphatic heterocycles. The lowest BCUT2D eigenvalue weighted by Gasteiger charge is -2.70. The van der Waals surface area contributed by atoms with Crippen LogP contribution in [0.15, 0.2) is 0 Å². The number of nitrogens with zero attached hydrogens (tertiary/aromatic N) is 3. The highest BCUT2D eigenvalue weighted by atomic mass is 16.4. The van der Waals surface area contributed by atoms with Gasteiger partial charge in [-0.3, -0.25) is 0 Å². The van der Waals surface area contributed by atoms with Crippen LogP contribution in [0.1, 0.15) is 19.3 Å². The first-order chi connectivity index (χ1) is 9.49. The minimum atomic E-state index is -0.916. The van der Waals surface area contributed by atoms with Gasteiger partial charge in [0.25, 0.3) is 0 Å². The van der Waals surface area contributed by atoms with E-state index in [-0.39, 0.29) is 23.0 Å². The molecule has 2 heterocycles. The second-order valence-electron chi connectivity index (χ2n) is 6.70. The topological polar surface area (TPSA) is 81.2 Å². The molecule has 5 aliphatic rings. The van der Waals surface area contributed by atoms with Crippen molar-refractivity contribution in [1.82, 2.24) is 14.7 Å². The predicted octanol–water partition coefficient (Wildman–Crippen LogP) is 0.208. The molecule has 5 fully saturated rings. The first-order valence-electron chi connectivity index (χ1n) is 7.01. The van der Waals surface area contributed by atoms with Gasteiger partial charge in [0.1, 0.15) is 6.29 Å². The number of rotatable bonds is 2. The van der Waals surface area contributed by atoms with Gasteiger partial charge in [0.2, 0.25) is 0 Å². The third-order valence-electron chi connectivity index (χ3n) is 5.49. The second-order valence-corrected chi connectivity index (χ2v) is 6.70. The maximum atomic E-state index is 12.5. The first-order valence-corrected chi connectivity index (χ1v) is 7.01. The number of urea groups is 1. The zero-order valence-corrected chi connectivity index (χ0v) is 11.1. The van der Waals surface area contributed by atoms with E-state index >= 15 is 0 Å². The lowest BCUT2D eigenvalue weighted by molar-refractivity contribution is -0.192. The van der Waals surface area contributed by atoms with E-state index in [0.717, 1.165) is 25.5 Å². The van der Waals surface area contributed by atoms with Crippen LogP contribution in [0.2, 0.25) is 0 Å². The molecule has 2 saturated heterocycles. The van der Waals surface area contributed by atoms with E-state index in [2.05, 4.69) is 0 Å². The van der Waals surface area contributed by atoms with Gasteiger partial charge in [-0.25, -0.2) is 9.59 Å². The highest BCUT2D eigenvalue weighted by Crippen LogP contribution is 2.69. The number of carbonyl (C=O) groups is 3. The Morgan fingerprint density at radius 2 is 1.95 bits per heavy atom. The van der Waals surface area contributed by atoms with Gasteiger partial charge in [-0.05, 0) is 19.3 Å². The van der Waals surface area contributed by atoms with Crippen LogP contribution in [0.3, 0.4) is 0 Å². The van der Waals surface area contributed by atoms with Crippen LogP contribution in [0, 0.1) is 5.41 Å². The minimum absolute atomic E-state index is 0.0271. The fourth-order valence-corrected chi connectivity index (χ4v) is 4.50. The summed E-state index contributed by atoms with van der Waals surface area (Å²) >= 11 is 0. The predicted molar refractivity (Wildman–Crippen MR) is 67.3 cm³/mol. The zero-order chi connectivity index (χ0) is 14.1. The van der Waals surface area contributed by atoms with E-state index in [4.69, 9.17) is 5.11 Å². The van der Waals surface area contributed by atoms with Crippen molar-refractivity contribution in [3.8, 4) is 0 Å². The van der Waals surface area contributed by atoms with Crippen LogP contribution >= 0.6 is 0 Å². The smallest absolute Gasteiger partial charge is 0.407 e. The van der Waals surface area contributed by atoms with Gasteiger partial charge < -0.3 is 24.6 Å². The quantitative estimate of drug-likeness (QED) is 0.733. The van der Waals surface area contributed by atoms with Crippen molar-refractivity contribution >= 4 is 18.4 Å². The molecule has 7 nitrogen and oxygen atoms in total. The van der Waals surface area contributed by atoms with Crippen molar-refractivity contribution in [2.75, 3.05) is 26.2 Å². The summed E-state index contributed by atoms with van der Waals surface area (Å²) in [6, 6.07) is -0.00667. The Kier molecular flexibility index (Phi) is 2.07. The molecule has 0 spiro atoms. The van der Waals surface area contributed by atoms with Crippen molar-refractivity contribution in [1.29, 1.82) is 0 Å². The number of aldehydes is 1. The van der Waals surface area contributed by atoms with Crippen molar-refractivity contribution in [2.45, 2.75) is 30.8 Å². The van der Waals surface area contributed by atoms with Gasteiger partial charge in [0.15, 0.2) is 0 Å². The molecule has 0 radical (unpaired) electrons. The third kappa shape index (κ3) is 1.28. The van der Waals surface area contributed by atoms with E-state index in [1.54, 1.807) is 4.90 Å². The lowest BCUT2D eigenvalue weighted by atomic mass is 9.39. The fourth-order valence-electron chi connectivity index (χ4n) is 4.50. The molecule has 108 valence electrons. The van der Waals surface area contributed by atoms with Gasteiger partial charge in [-0.15, -0.1) is 0 Å². The number of amides is 3.